The number of hydrogen-bond acceptors (Lipinski definition) is 5. The van der Waals surface area contributed by atoms with E-state index in [1.54, 1.807) is 0 Å². The van der Waals surface area contributed by atoms with Crippen molar-refractivity contribution in [3.63, 3.8) is 0 Å². The van der Waals surface area contributed by atoms with Crippen LogP contribution in [0.25, 0.3) is 97.7 Å². The molecule has 4 nitrogen and oxygen atoms in total. The molecule has 9 aromatic carbocycles. The molecule has 0 N–H and O–H groups in total. The largest absolute Gasteiger partial charge is 0.456 e. The van der Waals surface area contributed by atoms with E-state index in [-0.39, 0.29) is 0 Å². The van der Waals surface area contributed by atoms with Crippen molar-refractivity contribution >= 4 is 92.4 Å². The molecular formula is C53H32N2O2S. The highest BCUT2D eigenvalue weighted by Crippen LogP contribution is 2.47. The number of benzene rings is 9. The lowest BCUT2D eigenvalue weighted by Crippen LogP contribution is -2.10. The summed E-state index contributed by atoms with van der Waals surface area (Å²) in [6.45, 7) is 0. The number of thiophene rings is 1. The summed E-state index contributed by atoms with van der Waals surface area (Å²) in [7, 11) is 0. The first-order valence-corrected chi connectivity index (χ1v) is 20.3. The van der Waals surface area contributed by atoms with Crippen molar-refractivity contribution < 1.29 is 8.83 Å². The fraction of sp³-hybridized carbons (Fsp3) is 0. The molecule has 12 aromatic rings. The molecule has 3 aromatic heterocycles. The molecule has 0 radical (unpaired) electrons. The van der Waals surface area contributed by atoms with Gasteiger partial charge in [0, 0.05) is 54.8 Å². The molecule has 0 bridgehead atoms. The first-order chi connectivity index (χ1) is 28.7. The Kier molecular flexibility index (Phi) is 7.37. The Morgan fingerprint density at radius 3 is 1.95 bits per heavy atom. The second-order valence-electron chi connectivity index (χ2n) is 14.7. The SMILES string of the molecule is c1ccc(-c2nc3cc4oc5ccccc5c4c(-c4ccc(N(c5ccc(-c6cccc7ccccc67)cc5)c5cccc6c5sc5ccccc56)cc4)c3o2)cc1. The van der Waals surface area contributed by atoms with Crippen molar-refractivity contribution in [2.24, 2.45) is 0 Å². The van der Waals surface area contributed by atoms with Gasteiger partial charge >= 0.3 is 0 Å². The third kappa shape index (κ3) is 5.18. The van der Waals surface area contributed by atoms with Crippen LogP contribution in [0.3, 0.4) is 0 Å². The molecule has 0 saturated carbocycles. The summed E-state index contributed by atoms with van der Waals surface area (Å²) >= 11 is 1.84. The van der Waals surface area contributed by atoms with Crippen LogP contribution in [0, 0.1) is 0 Å². The molecule has 0 amide bonds. The monoisotopic (exact) mass is 760 g/mol. The number of anilines is 3. The van der Waals surface area contributed by atoms with Gasteiger partial charge in [-0.15, -0.1) is 11.3 Å². The Morgan fingerprint density at radius 2 is 1.12 bits per heavy atom. The number of para-hydroxylation sites is 1. The maximum absolute atomic E-state index is 6.67. The highest BCUT2D eigenvalue weighted by atomic mass is 32.1. The minimum absolute atomic E-state index is 0.583. The average Bonchev–Trinajstić information content (AvgIpc) is 4.00. The maximum Gasteiger partial charge on any atom is 0.227 e. The van der Waals surface area contributed by atoms with Gasteiger partial charge in [-0.25, -0.2) is 4.98 Å². The standard InChI is InChI=1S/C53H32N2O2S/c1-2-13-36(14-3-1)53-54-44-32-47-50(43-18-6-8-22-46(43)56-47)49(51(44)57-53)35-26-30-38(31-27-35)55(45-21-11-20-42-41-17-7-9-23-48(41)58-52(42)45)37-28-24-34(25-29-37)40-19-10-15-33-12-4-5-16-39(33)40/h1-32H. The van der Waals surface area contributed by atoms with E-state index < -0.39 is 0 Å². The number of nitrogens with zero attached hydrogens (tertiary/aromatic N) is 2. The molecule has 0 spiro atoms. The average molecular weight is 761 g/mol. The van der Waals surface area contributed by atoms with Crippen LogP contribution in [0.5, 0.6) is 0 Å². The summed E-state index contributed by atoms with van der Waals surface area (Å²) in [5, 5.41) is 7.07. The van der Waals surface area contributed by atoms with Gasteiger partial charge in [0.15, 0.2) is 5.58 Å². The van der Waals surface area contributed by atoms with Crippen LogP contribution in [0.4, 0.5) is 17.1 Å². The van der Waals surface area contributed by atoms with E-state index in [1.807, 2.05) is 59.9 Å². The maximum atomic E-state index is 6.67. The number of furan rings is 1. The second-order valence-corrected chi connectivity index (χ2v) is 15.7. The van der Waals surface area contributed by atoms with Crippen LogP contribution >= 0.6 is 11.3 Å². The zero-order chi connectivity index (χ0) is 38.2. The number of fused-ring (bicyclic) bond motifs is 8. The van der Waals surface area contributed by atoms with Crippen molar-refractivity contribution in [3.8, 4) is 33.7 Å². The lowest BCUT2D eigenvalue weighted by Gasteiger charge is -2.26. The highest BCUT2D eigenvalue weighted by molar-refractivity contribution is 7.26. The van der Waals surface area contributed by atoms with Crippen molar-refractivity contribution in [1.29, 1.82) is 0 Å². The van der Waals surface area contributed by atoms with Crippen molar-refractivity contribution in [1.82, 2.24) is 4.98 Å². The van der Waals surface area contributed by atoms with Crippen LogP contribution in [-0.2, 0) is 0 Å². The third-order valence-corrected chi connectivity index (χ3v) is 12.5. The topological polar surface area (TPSA) is 42.4 Å². The number of rotatable bonds is 6. The molecule has 0 atom stereocenters. The summed E-state index contributed by atoms with van der Waals surface area (Å²) < 4.78 is 15.7. The Balaban J connectivity index is 1.04. The Morgan fingerprint density at radius 1 is 0.466 bits per heavy atom. The minimum Gasteiger partial charge on any atom is -0.456 e. The fourth-order valence-corrected chi connectivity index (χ4v) is 9.84. The van der Waals surface area contributed by atoms with E-state index in [2.05, 4.69) is 150 Å². The molecule has 0 saturated heterocycles. The molecule has 0 aliphatic rings. The van der Waals surface area contributed by atoms with Gasteiger partial charge in [0.2, 0.25) is 5.89 Å². The van der Waals surface area contributed by atoms with E-state index >= 15 is 0 Å². The summed E-state index contributed by atoms with van der Waals surface area (Å²) in [6.07, 6.45) is 0. The summed E-state index contributed by atoms with van der Waals surface area (Å²) in [5.41, 5.74) is 11.7. The summed E-state index contributed by atoms with van der Waals surface area (Å²) in [5.74, 6) is 0.583. The number of aromatic nitrogens is 1. The zero-order valence-corrected chi connectivity index (χ0v) is 31.9. The Bertz CT molecular complexity index is 3500. The van der Waals surface area contributed by atoms with E-state index in [0.717, 1.165) is 66.8 Å². The van der Waals surface area contributed by atoms with Gasteiger partial charge in [-0.2, -0.15) is 0 Å². The predicted molar refractivity (Wildman–Crippen MR) is 243 cm³/mol. The molecule has 0 unspecified atom stereocenters. The van der Waals surface area contributed by atoms with Crippen LogP contribution in [0.15, 0.2) is 203 Å². The van der Waals surface area contributed by atoms with Crippen molar-refractivity contribution in [2.45, 2.75) is 0 Å². The second kappa shape index (κ2) is 13.1. The van der Waals surface area contributed by atoms with Gasteiger partial charge < -0.3 is 13.7 Å². The van der Waals surface area contributed by atoms with E-state index in [9.17, 15) is 0 Å². The van der Waals surface area contributed by atoms with E-state index in [0.29, 0.717) is 5.89 Å². The van der Waals surface area contributed by atoms with Crippen molar-refractivity contribution in [3.05, 3.63) is 194 Å². The van der Waals surface area contributed by atoms with E-state index in [4.69, 9.17) is 13.8 Å². The first kappa shape index (κ1) is 32.7. The van der Waals surface area contributed by atoms with Gasteiger partial charge in [0.05, 0.1) is 10.4 Å². The third-order valence-electron chi connectivity index (χ3n) is 11.3. The van der Waals surface area contributed by atoms with Crippen LogP contribution in [-0.4, -0.2) is 4.98 Å². The molecule has 58 heavy (non-hydrogen) atoms. The highest BCUT2D eigenvalue weighted by Gasteiger charge is 2.23. The zero-order valence-electron chi connectivity index (χ0n) is 31.1. The summed E-state index contributed by atoms with van der Waals surface area (Å²) in [4.78, 5) is 7.36. The molecule has 5 heteroatoms. The molecule has 272 valence electrons. The van der Waals surface area contributed by atoms with Crippen molar-refractivity contribution in [2.75, 3.05) is 4.90 Å². The van der Waals surface area contributed by atoms with E-state index in [1.165, 1.54) is 42.1 Å². The van der Waals surface area contributed by atoms with Gasteiger partial charge in [0.25, 0.3) is 0 Å². The first-order valence-electron chi connectivity index (χ1n) is 19.4. The summed E-state index contributed by atoms with van der Waals surface area (Å²) in [6, 6.07) is 68.6. The van der Waals surface area contributed by atoms with Gasteiger partial charge in [-0.1, -0.05) is 133 Å². The smallest absolute Gasteiger partial charge is 0.227 e. The van der Waals surface area contributed by atoms with Gasteiger partial charge in [0.1, 0.15) is 16.7 Å². The molecule has 0 aliphatic heterocycles. The molecule has 0 fully saturated rings. The fourth-order valence-electron chi connectivity index (χ4n) is 8.63. The van der Waals surface area contributed by atoms with Crippen LogP contribution < -0.4 is 4.90 Å². The van der Waals surface area contributed by atoms with Gasteiger partial charge in [-0.3, -0.25) is 0 Å². The normalized spacial score (nSPS) is 11.8. The van der Waals surface area contributed by atoms with Crippen LogP contribution in [0.1, 0.15) is 0 Å². The molecular weight excluding hydrogens is 729 g/mol. The minimum atomic E-state index is 0.583. The number of oxazole rings is 1. The lowest BCUT2D eigenvalue weighted by atomic mass is 9.97. The molecule has 0 aliphatic carbocycles. The predicted octanol–water partition coefficient (Wildman–Crippen LogP) is 15.7. The molecule has 12 rings (SSSR count). The quantitative estimate of drug-likeness (QED) is 0.169. The Hall–Kier alpha value is -7.47. The van der Waals surface area contributed by atoms with Crippen LogP contribution in [0.2, 0.25) is 0 Å². The molecule has 3 heterocycles. The number of hydrogen-bond donors (Lipinski definition) is 0. The van der Waals surface area contributed by atoms with Gasteiger partial charge in [-0.05, 0) is 82.1 Å². The lowest BCUT2D eigenvalue weighted by molar-refractivity contribution is 0.621. The Labute approximate surface area is 337 Å².